The van der Waals surface area contributed by atoms with Gasteiger partial charge in [0.15, 0.2) is 0 Å². The van der Waals surface area contributed by atoms with Crippen LogP contribution in [0.3, 0.4) is 0 Å². The Labute approximate surface area is 264 Å². The van der Waals surface area contributed by atoms with Crippen molar-refractivity contribution in [2.75, 3.05) is 13.2 Å². The first-order chi connectivity index (χ1) is 20.4. The van der Waals surface area contributed by atoms with E-state index in [9.17, 15) is 0 Å². The van der Waals surface area contributed by atoms with Crippen molar-refractivity contribution in [1.82, 2.24) is 0 Å². The van der Waals surface area contributed by atoms with Crippen molar-refractivity contribution in [3.63, 3.8) is 0 Å². The molecule has 42 heavy (non-hydrogen) atoms. The summed E-state index contributed by atoms with van der Waals surface area (Å²) in [5.41, 5.74) is 2.96. The first-order valence-electron chi connectivity index (χ1n) is 13.4. The second-order valence-corrected chi connectivity index (χ2v) is 10.9. The maximum absolute atomic E-state index is 9.05. The molecule has 0 amide bonds. The summed E-state index contributed by atoms with van der Waals surface area (Å²) in [4.78, 5) is 0. The topological polar surface area (TPSA) is 79.2 Å². The number of hydrogen-bond donors (Lipinski definition) is 3. The molecule has 0 atom stereocenters. The number of phenolic OH excluding ortho intramolecular Hbond substituents is 1. The Kier molecular flexibility index (Phi) is 14.7. The van der Waals surface area contributed by atoms with Crippen LogP contribution >= 0.6 is 31.9 Å². The van der Waals surface area contributed by atoms with Gasteiger partial charge < -0.3 is 24.6 Å². The van der Waals surface area contributed by atoms with Gasteiger partial charge in [-0.3, -0.25) is 0 Å². The molecule has 0 spiro atoms. The van der Waals surface area contributed by atoms with Gasteiger partial charge in [0.2, 0.25) is 0 Å². The van der Waals surface area contributed by atoms with E-state index in [0.717, 1.165) is 27.5 Å². The number of phenols is 1. The summed E-state index contributed by atoms with van der Waals surface area (Å²) in [6.45, 7) is 1.27. The van der Waals surface area contributed by atoms with Gasteiger partial charge in [-0.15, -0.1) is 0 Å². The molecule has 5 aromatic rings. The second-order valence-electron chi connectivity index (χ2n) is 9.05. The van der Waals surface area contributed by atoms with Gasteiger partial charge in [-0.1, -0.05) is 117 Å². The third kappa shape index (κ3) is 13.4. The third-order valence-corrected chi connectivity index (χ3v) is 6.75. The number of rotatable bonds is 9. The zero-order valence-corrected chi connectivity index (χ0v) is 26.2. The molecule has 0 radical (unpaired) electrons. The van der Waals surface area contributed by atoms with Gasteiger partial charge in [0.05, 0.1) is 13.2 Å². The van der Waals surface area contributed by atoms with Crippen LogP contribution in [0.4, 0.5) is 0 Å². The Balaban J connectivity index is 0.000000185. The van der Waals surface area contributed by atoms with E-state index in [1.807, 2.05) is 54.6 Å². The summed E-state index contributed by atoms with van der Waals surface area (Å²) in [6.07, 6.45) is 1.76. The van der Waals surface area contributed by atoms with E-state index >= 15 is 0 Å². The van der Waals surface area contributed by atoms with Crippen LogP contribution in [0.25, 0.3) is 0 Å². The maximum atomic E-state index is 9.05. The van der Waals surface area contributed by atoms with E-state index in [1.165, 1.54) is 11.1 Å². The number of hydrogen-bond acceptors (Lipinski definition) is 5. The van der Waals surface area contributed by atoms with Crippen LogP contribution in [0.1, 0.15) is 11.1 Å². The van der Waals surface area contributed by atoms with Crippen molar-refractivity contribution in [3.8, 4) is 17.2 Å². The van der Waals surface area contributed by atoms with Gasteiger partial charge in [-0.25, -0.2) is 0 Å². The molecule has 0 aliphatic carbocycles. The lowest BCUT2D eigenvalue weighted by atomic mass is 9.80. The molecule has 0 fully saturated rings. The monoisotopic (exact) mass is 690 g/mol. The van der Waals surface area contributed by atoms with E-state index < -0.39 is 7.12 Å². The summed E-state index contributed by atoms with van der Waals surface area (Å²) < 4.78 is 13.2. The van der Waals surface area contributed by atoms with Crippen LogP contribution in [-0.2, 0) is 12.8 Å². The highest BCUT2D eigenvalue weighted by molar-refractivity contribution is 9.10. The van der Waals surface area contributed by atoms with E-state index in [1.54, 1.807) is 42.5 Å². The molecular weight excluding hydrogens is 659 g/mol. The van der Waals surface area contributed by atoms with Crippen LogP contribution < -0.4 is 14.9 Å². The van der Waals surface area contributed by atoms with E-state index in [2.05, 4.69) is 68.3 Å². The zero-order valence-electron chi connectivity index (χ0n) is 23.0. The Hall–Kier alpha value is -3.56. The molecule has 8 heteroatoms. The van der Waals surface area contributed by atoms with Gasteiger partial charge in [-0.2, -0.15) is 0 Å². The molecule has 0 saturated heterocycles. The van der Waals surface area contributed by atoms with Gasteiger partial charge >= 0.3 is 7.12 Å². The van der Waals surface area contributed by atoms with E-state index in [4.69, 9.17) is 24.6 Å². The highest BCUT2D eigenvalue weighted by atomic mass is 79.9. The molecule has 0 saturated carbocycles. The van der Waals surface area contributed by atoms with Crippen molar-refractivity contribution in [3.05, 3.63) is 154 Å². The predicted molar refractivity (Wildman–Crippen MR) is 177 cm³/mol. The lowest BCUT2D eigenvalue weighted by Gasteiger charge is -2.07. The minimum atomic E-state index is -1.46. The Morgan fingerprint density at radius 3 is 1.45 bits per heavy atom. The highest BCUT2D eigenvalue weighted by Crippen LogP contribution is 2.18. The van der Waals surface area contributed by atoms with E-state index in [0.29, 0.717) is 30.2 Å². The summed E-state index contributed by atoms with van der Waals surface area (Å²) in [7, 11) is -1.46. The molecule has 5 aromatic carbocycles. The third-order valence-electron chi connectivity index (χ3n) is 5.77. The normalized spacial score (nSPS) is 9.90. The smallest absolute Gasteiger partial charge is 0.488 e. The van der Waals surface area contributed by atoms with Crippen LogP contribution in [0.2, 0.25) is 0 Å². The number of halogens is 2. The molecule has 0 aliphatic rings. The van der Waals surface area contributed by atoms with Gasteiger partial charge in [-0.05, 0) is 65.1 Å². The second kappa shape index (κ2) is 18.8. The van der Waals surface area contributed by atoms with Crippen molar-refractivity contribution >= 4 is 44.4 Å². The fraction of sp³-hybridized carbons (Fsp3) is 0.118. The minimum absolute atomic E-state index is 0.291. The Bertz CT molecular complexity index is 1440. The molecular formula is C34H33BBr2O5. The van der Waals surface area contributed by atoms with Gasteiger partial charge in [0.25, 0.3) is 0 Å². The fourth-order valence-electron chi connectivity index (χ4n) is 3.66. The zero-order chi connectivity index (χ0) is 30.0. The van der Waals surface area contributed by atoms with Crippen molar-refractivity contribution < 1.29 is 24.6 Å². The number of ether oxygens (including phenoxy) is 2. The molecule has 216 valence electrons. The van der Waals surface area contributed by atoms with Gasteiger partial charge in [0, 0.05) is 21.8 Å². The van der Waals surface area contributed by atoms with Crippen LogP contribution in [0, 0.1) is 0 Å². The van der Waals surface area contributed by atoms with Crippen molar-refractivity contribution in [1.29, 1.82) is 0 Å². The van der Waals surface area contributed by atoms with Crippen LogP contribution in [0.5, 0.6) is 17.2 Å². The molecule has 5 rings (SSSR count). The SMILES string of the molecule is Brc1cccc(OCCc2ccccc2)c1.OB(O)c1cccc(OCCc2ccccc2)c1.Oc1cccc(Br)c1. The number of aromatic hydroxyl groups is 1. The number of benzene rings is 5. The summed E-state index contributed by atoms with van der Waals surface area (Å²) in [6, 6.07) is 42.1. The van der Waals surface area contributed by atoms with Crippen LogP contribution in [-0.4, -0.2) is 35.5 Å². The molecule has 5 nitrogen and oxygen atoms in total. The molecule has 3 N–H and O–H groups in total. The van der Waals surface area contributed by atoms with Gasteiger partial charge in [0.1, 0.15) is 17.2 Å². The molecule has 0 bridgehead atoms. The lowest BCUT2D eigenvalue weighted by Crippen LogP contribution is -2.29. The first kappa shape index (κ1) is 33.0. The van der Waals surface area contributed by atoms with E-state index in [-0.39, 0.29) is 0 Å². The molecule has 0 aliphatic heterocycles. The quantitative estimate of drug-likeness (QED) is 0.142. The Morgan fingerprint density at radius 1 is 0.524 bits per heavy atom. The van der Waals surface area contributed by atoms with Crippen LogP contribution in [0.15, 0.2) is 142 Å². The first-order valence-corrected chi connectivity index (χ1v) is 15.0. The standard InChI is InChI=1S/C14H15BO3.C14H13BrO.C6H5BrO/c16-15(17)13-7-4-8-14(11-13)18-10-9-12-5-2-1-3-6-12;15-13-7-4-8-14(11-13)16-10-9-12-5-2-1-3-6-12;7-5-2-1-3-6(8)4-5/h1-8,11,16-17H,9-10H2;1-8,11H,9-10H2;1-4,8H. The average molecular weight is 692 g/mol. The fourth-order valence-corrected chi connectivity index (χ4v) is 4.43. The lowest BCUT2D eigenvalue weighted by molar-refractivity contribution is 0.321. The molecule has 0 unspecified atom stereocenters. The summed E-state index contributed by atoms with van der Waals surface area (Å²) in [5, 5.41) is 26.9. The maximum Gasteiger partial charge on any atom is 0.488 e. The van der Waals surface area contributed by atoms with Crippen molar-refractivity contribution in [2.24, 2.45) is 0 Å². The largest absolute Gasteiger partial charge is 0.508 e. The predicted octanol–water partition coefficient (Wildman–Crippen LogP) is 7.21. The van der Waals surface area contributed by atoms with Crippen molar-refractivity contribution in [2.45, 2.75) is 12.8 Å². The molecule has 0 aromatic heterocycles. The summed E-state index contributed by atoms with van der Waals surface area (Å²) >= 11 is 6.62. The minimum Gasteiger partial charge on any atom is -0.508 e. The highest BCUT2D eigenvalue weighted by Gasteiger charge is 2.10. The Morgan fingerprint density at radius 2 is 1.00 bits per heavy atom. The summed E-state index contributed by atoms with van der Waals surface area (Å²) in [5.74, 6) is 1.85. The average Bonchev–Trinajstić information content (AvgIpc) is 2.99. The molecule has 0 heterocycles.